The molecule has 2 aromatic carbocycles. The summed E-state index contributed by atoms with van der Waals surface area (Å²) < 4.78 is 2.05. The van der Waals surface area contributed by atoms with Crippen molar-refractivity contribution in [1.82, 2.24) is 4.57 Å². The second kappa shape index (κ2) is 5.98. The van der Waals surface area contributed by atoms with Gasteiger partial charge in [-0.1, -0.05) is 48.5 Å². The third kappa shape index (κ3) is 2.61. The Morgan fingerprint density at radius 1 is 1.00 bits per heavy atom. The van der Waals surface area contributed by atoms with Gasteiger partial charge in [-0.15, -0.1) is 11.3 Å². The van der Waals surface area contributed by atoms with Crippen molar-refractivity contribution in [1.29, 1.82) is 0 Å². The topological polar surface area (TPSA) is 48.0 Å². The summed E-state index contributed by atoms with van der Waals surface area (Å²) in [5.41, 5.74) is 8.50. The number of aromatic nitrogens is 1. The Hall–Kier alpha value is -2.85. The lowest BCUT2D eigenvalue weighted by Gasteiger charge is -2.04. The number of thiophene rings is 1. The maximum atomic E-state index is 11.9. The third-order valence-corrected chi connectivity index (χ3v) is 5.20. The Labute approximate surface area is 144 Å². The van der Waals surface area contributed by atoms with E-state index in [2.05, 4.69) is 34.9 Å². The maximum Gasteiger partial charge on any atom is 0.251 e. The van der Waals surface area contributed by atoms with Crippen molar-refractivity contribution in [2.24, 2.45) is 5.73 Å². The molecule has 3 nitrogen and oxygen atoms in total. The van der Waals surface area contributed by atoms with Crippen LogP contribution >= 0.6 is 11.3 Å². The van der Waals surface area contributed by atoms with Crippen LogP contribution in [0, 0.1) is 0 Å². The van der Waals surface area contributed by atoms with Crippen LogP contribution in [-0.4, -0.2) is 10.5 Å². The molecule has 4 rings (SSSR count). The molecule has 4 aromatic rings. The van der Waals surface area contributed by atoms with Crippen molar-refractivity contribution >= 4 is 28.1 Å². The summed E-state index contributed by atoms with van der Waals surface area (Å²) >= 11 is 1.62. The van der Waals surface area contributed by atoms with Gasteiger partial charge in [-0.2, -0.15) is 0 Å². The lowest BCUT2D eigenvalue weighted by Crippen LogP contribution is -2.12. The minimum atomic E-state index is -0.390. The van der Waals surface area contributed by atoms with Crippen molar-refractivity contribution in [3.63, 3.8) is 0 Å². The Morgan fingerprint density at radius 2 is 1.75 bits per heavy atom. The number of nitrogens with zero attached hydrogens (tertiary/aromatic N) is 1. The minimum Gasteiger partial charge on any atom is -0.366 e. The molecule has 0 atom stereocenters. The minimum absolute atomic E-state index is 0.390. The SMILES string of the molecule is NC(=O)c1cc(Cc2ccccc2)sc1-n1ccc2ccccc21. The molecule has 1 amide bonds. The highest BCUT2D eigenvalue weighted by Gasteiger charge is 2.16. The monoisotopic (exact) mass is 332 g/mol. The predicted octanol–water partition coefficient (Wildman–Crippen LogP) is 4.38. The number of fused-ring (bicyclic) bond motifs is 1. The highest BCUT2D eigenvalue weighted by atomic mass is 32.1. The van der Waals surface area contributed by atoms with Gasteiger partial charge < -0.3 is 10.3 Å². The van der Waals surface area contributed by atoms with E-state index in [0.29, 0.717) is 5.56 Å². The number of nitrogens with two attached hydrogens (primary N) is 1. The molecule has 0 spiro atoms. The van der Waals surface area contributed by atoms with Gasteiger partial charge in [0.05, 0.1) is 11.1 Å². The first kappa shape index (κ1) is 14.7. The highest BCUT2D eigenvalue weighted by molar-refractivity contribution is 7.15. The zero-order chi connectivity index (χ0) is 16.5. The van der Waals surface area contributed by atoms with E-state index in [4.69, 9.17) is 5.73 Å². The zero-order valence-corrected chi connectivity index (χ0v) is 13.8. The zero-order valence-electron chi connectivity index (χ0n) is 13.0. The molecule has 2 heterocycles. The average molecular weight is 332 g/mol. The smallest absolute Gasteiger partial charge is 0.251 e. The molecule has 0 saturated heterocycles. The van der Waals surface area contributed by atoms with E-state index in [1.54, 1.807) is 11.3 Å². The number of benzene rings is 2. The molecule has 0 aliphatic carbocycles. The van der Waals surface area contributed by atoms with E-state index in [-0.39, 0.29) is 0 Å². The van der Waals surface area contributed by atoms with Gasteiger partial charge in [-0.25, -0.2) is 0 Å². The molecular weight excluding hydrogens is 316 g/mol. The fraction of sp³-hybridized carbons (Fsp3) is 0.0500. The molecule has 0 aliphatic rings. The molecule has 0 aliphatic heterocycles. The number of hydrogen-bond acceptors (Lipinski definition) is 2. The van der Waals surface area contributed by atoms with E-state index in [1.807, 2.05) is 42.6 Å². The van der Waals surface area contributed by atoms with Gasteiger partial charge >= 0.3 is 0 Å². The molecule has 0 saturated carbocycles. The van der Waals surface area contributed by atoms with E-state index in [9.17, 15) is 4.79 Å². The van der Waals surface area contributed by atoms with Gasteiger partial charge in [0.2, 0.25) is 0 Å². The summed E-state index contributed by atoms with van der Waals surface area (Å²) in [7, 11) is 0. The summed E-state index contributed by atoms with van der Waals surface area (Å²) in [6.07, 6.45) is 2.79. The van der Waals surface area contributed by atoms with Gasteiger partial charge in [-0.05, 0) is 29.1 Å². The van der Waals surface area contributed by atoms with Crippen LogP contribution in [-0.2, 0) is 6.42 Å². The fourth-order valence-electron chi connectivity index (χ4n) is 2.93. The first-order valence-corrected chi connectivity index (χ1v) is 8.57. The van der Waals surface area contributed by atoms with Crippen LogP contribution in [0.1, 0.15) is 20.8 Å². The number of hydrogen-bond donors (Lipinski definition) is 1. The number of carbonyl (C=O) groups is 1. The Balaban J connectivity index is 1.81. The lowest BCUT2D eigenvalue weighted by molar-refractivity contribution is 0.100. The summed E-state index contributed by atoms with van der Waals surface area (Å²) in [6.45, 7) is 0. The molecule has 2 aromatic heterocycles. The number of amides is 1. The maximum absolute atomic E-state index is 11.9. The van der Waals surface area contributed by atoms with E-state index >= 15 is 0 Å². The molecular formula is C20H16N2OS. The average Bonchev–Trinajstić information content (AvgIpc) is 3.19. The number of para-hydroxylation sites is 1. The Bertz CT molecular complexity index is 1010. The van der Waals surface area contributed by atoms with Crippen LogP contribution in [0.4, 0.5) is 0 Å². The summed E-state index contributed by atoms with van der Waals surface area (Å²) in [4.78, 5) is 13.1. The van der Waals surface area contributed by atoms with Crippen LogP contribution < -0.4 is 5.73 Å². The van der Waals surface area contributed by atoms with Crippen molar-refractivity contribution in [2.45, 2.75) is 6.42 Å². The molecule has 2 N–H and O–H groups in total. The van der Waals surface area contributed by atoms with E-state index < -0.39 is 5.91 Å². The van der Waals surface area contributed by atoms with Crippen molar-refractivity contribution in [3.8, 4) is 5.00 Å². The Morgan fingerprint density at radius 3 is 2.54 bits per heavy atom. The third-order valence-electron chi connectivity index (χ3n) is 4.07. The van der Waals surface area contributed by atoms with Gasteiger partial charge in [-0.3, -0.25) is 4.79 Å². The van der Waals surface area contributed by atoms with Crippen LogP contribution in [0.5, 0.6) is 0 Å². The molecule has 0 radical (unpaired) electrons. The number of rotatable bonds is 4. The quantitative estimate of drug-likeness (QED) is 0.592. The second-order valence-electron chi connectivity index (χ2n) is 5.70. The standard InChI is InChI=1S/C20H16N2OS/c21-19(23)17-13-16(12-14-6-2-1-3-7-14)24-20(17)22-11-10-15-8-4-5-9-18(15)22/h1-11,13H,12H2,(H2,21,23). The summed E-state index contributed by atoms with van der Waals surface area (Å²) in [5, 5.41) is 2.03. The predicted molar refractivity (Wildman–Crippen MR) is 98.9 cm³/mol. The second-order valence-corrected chi connectivity index (χ2v) is 6.82. The highest BCUT2D eigenvalue weighted by Crippen LogP contribution is 2.31. The van der Waals surface area contributed by atoms with Crippen LogP contribution in [0.15, 0.2) is 72.9 Å². The first-order valence-electron chi connectivity index (χ1n) is 7.75. The molecule has 0 bridgehead atoms. The normalized spacial score (nSPS) is 11.0. The molecule has 0 unspecified atom stereocenters. The Kier molecular flexibility index (Phi) is 3.67. The number of carbonyl (C=O) groups excluding carboxylic acids is 1. The molecule has 24 heavy (non-hydrogen) atoms. The number of primary amides is 1. The van der Waals surface area contributed by atoms with Gasteiger partial charge in [0.25, 0.3) is 5.91 Å². The van der Waals surface area contributed by atoms with Crippen molar-refractivity contribution in [2.75, 3.05) is 0 Å². The first-order chi connectivity index (χ1) is 11.7. The summed E-state index contributed by atoms with van der Waals surface area (Å²) in [5.74, 6) is -0.390. The van der Waals surface area contributed by atoms with Crippen LogP contribution in [0.25, 0.3) is 15.9 Å². The van der Waals surface area contributed by atoms with E-state index in [1.165, 1.54) is 5.56 Å². The van der Waals surface area contributed by atoms with Crippen LogP contribution in [0.3, 0.4) is 0 Å². The largest absolute Gasteiger partial charge is 0.366 e. The van der Waals surface area contributed by atoms with Gasteiger partial charge in [0.15, 0.2) is 0 Å². The fourth-order valence-corrected chi connectivity index (χ4v) is 4.12. The molecule has 4 heteroatoms. The van der Waals surface area contributed by atoms with Crippen LogP contribution in [0.2, 0.25) is 0 Å². The van der Waals surface area contributed by atoms with Crippen molar-refractivity contribution < 1.29 is 4.79 Å². The van der Waals surface area contributed by atoms with Gasteiger partial charge in [0, 0.05) is 17.5 Å². The molecule has 0 fully saturated rings. The molecule has 118 valence electrons. The van der Waals surface area contributed by atoms with E-state index in [0.717, 1.165) is 27.2 Å². The summed E-state index contributed by atoms with van der Waals surface area (Å²) in [6, 6.07) is 22.3. The van der Waals surface area contributed by atoms with Crippen molar-refractivity contribution in [3.05, 3.63) is 88.9 Å². The lowest BCUT2D eigenvalue weighted by atomic mass is 10.1. The van der Waals surface area contributed by atoms with Gasteiger partial charge in [0.1, 0.15) is 5.00 Å².